The summed E-state index contributed by atoms with van der Waals surface area (Å²) in [6, 6.07) is 15.1. The van der Waals surface area contributed by atoms with E-state index in [4.69, 9.17) is 14.2 Å². The van der Waals surface area contributed by atoms with E-state index in [1.165, 1.54) is 16.7 Å². The maximum atomic E-state index is 6.13. The Morgan fingerprint density at radius 2 is 1.68 bits per heavy atom. The van der Waals surface area contributed by atoms with Gasteiger partial charge in [0.25, 0.3) is 0 Å². The maximum Gasteiger partial charge on any atom is 0.119 e. The minimum absolute atomic E-state index is 0.320. The third-order valence-corrected chi connectivity index (χ3v) is 6.33. The molecule has 2 aliphatic heterocycles. The lowest BCUT2D eigenvalue weighted by Gasteiger charge is -2.35. The van der Waals surface area contributed by atoms with Gasteiger partial charge in [-0.25, -0.2) is 0 Å². The standard InChI is InChI=1S/C26H36N2O3/c1-19-15-28(16-20(2)31-19)12-5-13-30-24-10-11-25-22(14-24)17-27(3)18-26(25)21-6-8-23(29-4)9-7-21/h6-11,14,19-20,26H,5,12-13,15-18H2,1-4H3. The zero-order chi connectivity index (χ0) is 21.8. The second-order valence-corrected chi connectivity index (χ2v) is 9.10. The molecule has 1 fully saturated rings. The Kier molecular flexibility index (Phi) is 7.16. The van der Waals surface area contributed by atoms with Crippen LogP contribution in [0.3, 0.4) is 0 Å². The summed E-state index contributed by atoms with van der Waals surface area (Å²) < 4.78 is 17.3. The van der Waals surface area contributed by atoms with Gasteiger partial charge in [-0.1, -0.05) is 18.2 Å². The quantitative estimate of drug-likeness (QED) is 0.624. The van der Waals surface area contributed by atoms with Crippen LogP contribution in [0.25, 0.3) is 0 Å². The van der Waals surface area contributed by atoms with Crippen molar-refractivity contribution in [2.45, 2.75) is 44.9 Å². The molecule has 0 saturated carbocycles. The summed E-state index contributed by atoms with van der Waals surface area (Å²) in [7, 11) is 3.90. The van der Waals surface area contributed by atoms with Crippen molar-refractivity contribution in [3.05, 3.63) is 59.2 Å². The van der Waals surface area contributed by atoms with E-state index < -0.39 is 0 Å². The van der Waals surface area contributed by atoms with Crippen molar-refractivity contribution >= 4 is 0 Å². The van der Waals surface area contributed by atoms with Gasteiger partial charge in [-0.2, -0.15) is 0 Å². The lowest BCUT2D eigenvalue weighted by molar-refractivity contribution is -0.0686. The molecular formula is C26H36N2O3. The van der Waals surface area contributed by atoms with E-state index >= 15 is 0 Å². The number of fused-ring (bicyclic) bond motifs is 1. The minimum atomic E-state index is 0.320. The molecule has 3 unspecified atom stereocenters. The summed E-state index contributed by atoms with van der Waals surface area (Å²) in [5.41, 5.74) is 4.10. The molecule has 5 nitrogen and oxygen atoms in total. The first-order valence-electron chi connectivity index (χ1n) is 11.5. The number of benzene rings is 2. The first kappa shape index (κ1) is 22.1. The number of hydrogen-bond acceptors (Lipinski definition) is 5. The van der Waals surface area contributed by atoms with Gasteiger partial charge in [0.15, 0.2) is 0 Å². The van der Waals surface area contributed by atoms with Crippen LogP contribution < -0.4 is 9.47 Å². The molecular weight excluding hydrogens is 388 g/mol. The van der Waals surface area contributed by atoms with Crippen LogP contribution in [0, 0.1) is 0 Å². The zero-order valence-electron chi connectivity index (χ0n) is 19.3. The van der Waals surface area contributed by atoms with E-state index in [1.807, 2.05) is 0 Å². The average molecular weight is 425 g/mol. The topological polar surface area (TPSA) is 34.2 Å². The molecule has 2 aliphatic rings. The van der Waals surface area contributed by atoms with Crippen LogP contribution in [-0.4, -0.2) is 69.0 Å². The first-order chi connectivity index (χ1) is 15.0. The predicted molar refractivity (Wildman–Crippen MR) is 124 cm³/mol. The van der Waals surface area contributed by atoms with Gasteiger partial charge in [-0.3, -0.25) is 4.90 Å². The van der Waals surface area contributed by atoms with Crippen molar-refractivity contribution in [2.75, 3.05) is 46.9 Å². The number of morpholine rings is 1. The number of rotatable bonds is 7. The Morgan fingerprint density at radius 1 is 0.968 bits per heavy atom. The minimum Gasteiger partial charge on any atom is -0.497 e. The van der Waals surface area contributed by atoms with E-state index in [9.17, 15) is 0 Å². The Labute approximate surface area is 186 Å². The van der Waals surface area contributed by atoms with E-state index in [0.29, 0.717) is 18.1 Å². The highest BCUT2D eigenvalue weighted by Crippen LogP contribution is 2.35. The summed E-state index contributed by atoms with van der Waals surface area (Å²) >= 11 is 0. The number of hydrogen-bond donors (Lipinski definition) is 0. The van der Waals surface area contributed by atoms with Crippen LogP contribution in [0.2, 0.25) is 0 Å². The van der Waals surface area contributed by atoms with Gasteiger partial charge in [-0.05, 0) is 68.3 Å². The molecule has 0 aromatic heterocycles. The third kappa shape index (κ3) is 5.59. The maximum absolute atomic E-state index is 6.13. The highest BCUT2D eigenvalue weighted by molar-refractivity contribution is 5.45. The fourth-order valence-electron chi connectivity index (χ4n) is 4.98. The molecule has 5 heteroatoms. The van der Waals surface area contributed by atoms with Gasteiger partial charge in [0.2, 0.25) is 0 Å². The van der Waals surface area contributed by atoms with Crippen LogP contribution in [0.5, 0.6) is 11.5 Å². The van der Waals surface area contributed by atoms with Crippen LogP contribution in [0.1, 0.15) is 42.9 Å². The molecule has 4 rings (SSSR count). The monoisotopic (exact) mass is 424 g/mol. The second-order valence-electron chi connectivity index (χ2n) is 9.10. The van der Waals surface area contributed by atoms with E-state index in [-0.39, 0.29) is 0 Å². The number of nitrogens with zero attached hydrogens (tertiary/aromatic N) is 2. The van der Waals surface area contributed by atoms with Crippen LogP contribution in [0.15, 0.2) is 42.5 Å². The zero-order valence-corrected chi connectivity index (χ0v) is 19.3. The number of likely N-dealkylation sites (N-methyl/N-ethyl adjacent to an activating group) is 1. The van der Waals surface area contributed by atoms with Crippen LogP contribution in [0.4, 0.5) is 0 Å². The molecule has 168 valence electrons. The molecule has 0 amide bonds. The summed E-state index contributed by atoms with van der Waals surface area (Å²) in [5.74, 6) is 2.25. The van der Waals surface area contributed by atoms with E-state index in [0.717, 1.165) is 57.3 Å². The Balaban J connectivity index is 1.36. The van der Waals surface area contributed by atoms with Crippen molar-refractivity contribution < 1.29 is 14.2 Å². The van der Waals surface area contributed by atoms with Gasteiger partial charge in [0.05, 0.1) is 25.9 Å². The van der Waals surface area contributed by atoms with Crippen molar-refractivity contribution in [3.8, 4) is 11.5 Å². The average Bonchev–Trinajstić information content (AvgIpc) is 2.75. The van der Waals surface area contributed by atoms with Gasteiger partial charge >= 0.3 is 0 Å². The van der Waals surface area contributed by atoms with Gasteiger partial charge in [0, 0.05) is 38.6 Å². The summed E-state index contributed by atoms with van der Waals surface area (Å²) in [6.07, 6.45) is 1.67. The summed E-state index contributed by atoms with van der Waals surface area (Å²) in [6.45, 7) is 10.1. The molecule has 1 saturated heterocycles. The molecule has 0 aliphatic carbocycles. The Morgan fingerprint density at radius 3 is 2.39 bits per heavy atom. The lowest BCUT2D eigenvalue weighted by Crippen LogP contribution is -2.45. The SMILES string of the molecule is COc1ccc(C2CN(C)Cc3cc(OCCCN4CC(C)OC(C)C4)ccc32)cc1. The third-order valence-electron chi connectivity index (χ3n) is 6.33. The Bertz CT molecular complexity index is 844. The largest absolute Gasteiger partial charge is 0.497 e. The smallest absolute Gasteiger partial charge is 0.119 e. The molecule has 2 heterocycles. The van der Waals surface area contributed by atoms with Crippen molar-refractivity contribution in [2.24, 2.45) is 0 Å². The molecule has 0 bridgehead atoms. The van der Waals surface area contributed by atoms with Gasteiger partial charge < -0.3 is 19.1 Å². The molecule has 3 atom stereocenters. The van der Waals surface area contributed by atoms with Crippen molar-refractivity contribution in [3.63, 3.8) is 0 Å². The molecule has 2 aromatic carbocycles. The lowest BCUT2D eigenvalue weighted by atomic mass is 9.84. The Hall–Kier alpha value is -2.08. The first-order valence-corrected chi connectivity index (χ1v) is 11.5. The van der Waals surface area contributed by atoms with Gasteiger partial charge in [0.1, 0.15) is 11.5 Å². The van der Waals surface area contributed by atoms with E-state index in [1.54, 1.807) is 7.11 Å². The van der Waals surface area contributed by atoms with Gasteiger partial charge in [-0.15, -0.1) is 0 Å². The van der Waals surface area contributed by atoms with Crippen LogP contribution >= 0.6 is 0 Å². The molecule has 2 aromatic rings. The molecule has 0 radical (unpaired) electrons. The summed E-state index contributed by atoms with van der Waals surface area (Å²) in [4.78, 5) is 4.88. The molecule has 31 heavy (non-hydrogen) atoms. The second kappa shape index (κ2) is 10.0. The van der Waals surface area contributed by atoms with Crippen molar-refractivity contribution in [1.82, 2.24) is 9.80 Å². The number of methoxy groups -OCH3 is 1. The van der Waals surface area contributed by atoms with Crippen molar-refractivity contribution in [1.29, 1.82) is 0 Å². The summed E-state index contributed by atoms with van der Waals surface area (Å²) in [5, 5.41) is 0. The molecule has 0 N–H and O–H groups in total. The predicted octanol–water partition coefficient (Wildman–Crippen LogP) is 4.15. The highest BCUT2D eigenvalue weighted by Gasteiger charge is 2.25. The fraction of sp³-hybridized carbons (Fsp3) is 0.538. The van der Waals surface area contributed by atoms with Crippen LogP contribution in [-0.2, 0) is 11.3 Å². The molecule has 0 spiro atoms. The van der Waals surface area contributed by atoms with E-state index in [2.05, 4.69) is 73.2 Å². The normalized spacial score (nSPS) is 24.6. The number of ether oxygens (including phenoxy) is 3. The fourth-order valence-corrected chi connectivity index (χ4v) is 4.98. The highest BCUT2D eigenvalue weighted by atomic mass is 16.5.